The molecule has 1 aromatic rings. The van der Waals surface area contributed by atoms with Gasteiger partial charge < -0.3 is 21.1 Å². The van der Waals surface area contributed by atoms with E-state index in [4.69, 9.17) is 10.5 Å². The van der Waals surface area contributed by atoms with Crippen LogP contribution >= 0.6 is 0 Å². The van der Waals surface area contributed by atoms with E-state index in [9.17, 15) is 9.59 Å². The Morgan fingerprint density at radius 3 is 2.67 bits per heavy atom. The molecule has 1 rings (SSSR count). The summed E-state index contributed by atoms with van der Waals surface area (Å²) < 4.78 is 4.78. The largest absolute Gasteiger partial charge is 0.398 e. The number of ether oxygens (including phenoxy) is 1. The van der Waals surface area contributed by atoms with Crippen molar-refractivity contribution in [1.29, 1.82) is 0 Å². The summed E-state index contributed by atoms with van der Waals surface area (Å²) in [6, 6.07) is 6.69. The first-order valence-electron chi connectivity index (χ1n) is 5.53. The minimum Gasteiger partial charge on any atom is -0.398 e. The molecule has 0 aliphatic rings. The molecule has 0 saturated carbocycles. The second-order valence-corrected chi connectivity index (χ2v) is 3.61. The molecule has 0 heterocycles. The Bertz CT molecular complexity index is 421. The summed E-state index contributed by atoms with van der Waals surface area (Å²) in [6.07, 6.45) is 0. The molecule has 0 unspecified atom stereocenters. The molecule has 0 aromatic heterocycles. The minimum absolute atomic E-state index is 0.0864. The zero-order valence-corrected chi connectivity index (χ0v) is 10.2. The Morgan fingerprint density at radius 2 is 2.00 bits per heavy atom. The van der Waals surface area contributed by atoms with Crippen molar-refractivity contribution in [2.75, 3.05) is 32.5 Å². The van der Waals surface area contributed by atoms with Gasteiger partial charge in [0.15, 0.2) is 0 Å². The van der Waals surface area contributed by atoms with Crippen molar-refractivity contribution >= 4 is 17.5 Å². The van der Waals surface area contributed by atoms with Crippen molar-refractivity contribution in [2.24, 2.45) is 0 Å². The number of anilines is 1. The lowest BCUT2D eigenvalue weighted by Gasteiger charge is -2.07. The van der Waals surface area contributed by atoms with Crippen LogP contribution in [0.4, 0.5) is 5.69 Å². The smallest absolute Gasteiger partial charge is 0.253 e. The molecule has 0 aliphatic carbocycles. The zero-order chi connectivity index (χ0) is 13.4. The topological polar surface area (TPSA) is 93.5 Å². The summed E-state index contributed by atoms with van der Waals surface area (Å²) in [6.45, 7) is 0.765. The van der Waals surface area contributed by atoms with E-state index in [1.54, 1.807) is 31.4 Å². The lowest BCUT2D eigenvalue weighted by Crippen LogP contribution is -2.38. The molecule has 0 bridgehead atoms. The first-order valence-corrected chi connectivity index (χ1v) is 5.53. The number of hydrogen-bond donors (Lipinski definition) is 3. The summed E-state index contributed by atoms with van der Waals surface area (Å²) in [5, 5.41) is 5.09. The van der Waals surface area contributed by atoms with Gasteiger partial charge in [0.1, 0.15) is 0 Å². The van der Waals surface area contributed by atoms with Crippen LogP contribution in [0.25, 0.3) is 0 Å². The van der Waals surface area contributed by atoms with E-state index in [0.29, 0.717) is 24.4 Å². The molecule has 0 atom stereocenters. The highest BCUT2D eigenvalue weighted by molar-refractivity contribution is 6.00. The van der Waals surface area contributed by atoms with Crippen molar-refractivity contribution in [3.8, 4) is 0 Å². The van der Waals surface area contributed by atoms with Gasteiger partial charge >= 0.3 is 0 Å². The van der Waals surface area contributed by atoms with E-state index < -0.39 is 0 Å². The van der Waals surface area contributed by atoms with Crippen molar-refractivity contribution in [3.05, 3.63) is 29.8 Å². The lowest BCUT2D eigenvalue weighted by atomic mass is 10.1. The fourth-order valence-electron chi connectivity index (χ4n) is 1.31. The van der Waals surface area contributed by atoms with Gasteiger partial charge in [-0.15, -0.1) is 0 Å². The summed E-state index contributed by atoms with van der Waals surface area (Å²) >= 11 is 0. The maximum Gasteiger partial charge on any atom is 0.253 e. The summed E-state index contributed by atoms with van der Waals surface area (Å²) in [7, 11) is 1.55. The van der Waals surface area contributed by atoms with E-state index >= 15 is 0 Å². The quantitative estimate of drug-likeness (QED) is 0.480. The van der Waals surface area contributed by atoms with Crippen LogP contribution in [-0.4, -0.2) is 38.6 Å². The average molecular weight is 251 g/mol. The number of para-hydroxylation sites is 1. The van der Waals surface area contributed by atoms with Gasteiger partial charge in [-0.05, 0) is 12.1 Å². The molecule has 0 spiro atoms. The molecule has 6 heteroatoms. The molecule has 0 fully saturated rings. The third-order valence-electron chi connectivity index (χ3n) is 2.24. The van der Waals surface area contributed by atoms with Gasteiger partial charge in [0.05, 0.1) is 18.7 Å². The second kappa shape index (κ2) is 7.29. The van der Waals surface area contributed by atoms with Crippen LogP contribution < -0.4 is 16.4 Å². The maximum absolute atomic E-state index is 11.7. The SMILES string of the molecule is COCCNC(=O)CNC(=O)c1ccccc1N. The van der Waals surface area contributed by atoms with E-state index in [-0.39, 0.29) is 18.4 Å². The van der Waals surface area contributed by atoms with Crippen molar-refractivity contribution in [3.63, 3.8) is 0 Å². The predicted molar refractivity (Wildman–Crippen MR) is 68.1 cm³/mol. The van der Waals surface area contributed by atoms with Crippen molar-refractivity contribution in [1.82, 2.24) is 10.6 Å². The number of rotatable bonds is 6. The molecular weight excluding hydrogens is 234 g/mol. The van der Waals surface area contributed by atoms with Gasteiger partial charge in [0.25, 0.3) is 5.91 Å². The van der Waals surface area contributed by atoms with Crippen molar-refractivity contribution < 1.29 is 14.3 Å². The standard InChI is InChI=1S/C12H17N3O3/c1-18-7-6-14-11(16)8-15-12(17)9-4-2-3-5-10(9)13/h2-5H,6-8,13H2,1H3,(H,14,16)(H,15,17). The first-order chi connectivity index (χ1) is 8.65. The number of methoxy groups -OCH3 is 1. The van der Waals surface area contributed by atoms with Gasteiger partial charge in [-0.1, -0.05) is 12.1 Å². The van der Waals surface area contributed by atoms with Gasteiger partial charge in [-0.25, -0.2) is 0 Å². The number of nitrogens with two attached hydrogens (primary N) is 1. The molecule has 0 saturated heterocycles. The van der Waals surface area contributed by atoms with Crippen molar-refractivity contribution in [2.45, 2.75) is 0 Å². The van der Waals surface area contributed by atoms with E-state index in [1.807, 2.05) is 0 Å². The Balaban J connectivity index is 2.38. The number of hydrogen-bond acceptors (Lipinski definition) is 4. The van der Waals surface area contributed by atoms with Crippen LogP contribution in [0.15, 0.2) is 24.3 Å². The normalized spacial score (nSPS) is 9.83. The maximum atomic E-state index is 11.7. The fraction of sp³-hybridized carbons (Fsp3) is 0.333. The number of benzene rings is 1. The summed E-state index contributed by atoms with van der Waals surface area (Å²) in [5.74, 6) is -0.634. The van der Waals surface area contributed by atoms with Crippen LogP contribution in [0.5, 0.6) is 0 Å². The Morgan fingerprint density at radius 1 is 1.28 bits per heavy atom. The van der Waals surface area contributed by atoms with Crippen LogP contribution in [0.2, 0.25) is 0 Å². The molecule has 0 radical (unpaired) electrons. The number of carbonyl (C=O) groups excluding carboxylic acids is 2. The van der Waals surface area contributed by atoms with Crippen LogP contribution in [0, 0.1) is 0 Å². The van der Waals surface area contributed by atoms with Gasteiger partial charge in [-0.2, -0.15) is 0 Å². The highest BCUT2D eigenvalue weighted by Gasteiger charge is 2.09. The van der Waals surface area contributed by atoms with Gasteiger partial charge in [-0.3, -0.25) is 9.59 Å². The van der Waals surface area contributed by atoms with Crippen LogP contribution in [-0.2, 0) is 9.53 Å². The van der Waals surface area contributed by atoms with Gasteiger partial charge in [0.2, 0.25) is 5.91 Å². The second-order valence-electron chi connectivity index (χ2n) is 3.61. The molecule has 2 amide bonds. The summed E-state index contributed by atoms with van der Waals surface area (Å²) in [5.41, 5.74) is 6.40. The number of amides is 2. The molecule has 6 nitrogen and oxygen atoms in total. The van der Waals surface area contributed by atoms with Crippen LogP contribution in [0.3, 0.4) is 0 Å². The molecular formula is C12H17N3O3. The first kappa shape index (κ1) is 14.0. The minimum atomic E-state index is -0.366. The van der Waals surface area contributed by atoms with Crippen LogP contribution in [0.1, 0.15) is 10.4 Å². The Labute approximate surface area is 105 Å². The fourth-order valence-corrected chi connectivity index (χ4v) is 1.31. The third-order valence-corrected chi connectivity index (χ3v) is 2.24. The zero-order valence-electron chi connectivity index (χ0n) is 10.2. The predicted octanol–water partition coefficient (Wildman–Crippen LogP) is -0.239. The Hall–Kier alpha value is -2.08. The van der Waals surface area contributed by atoms with E-state index in [2.05, 4.69) is 10.6 Å². The third kappa shape index (κ3) is 4.42. The average Bonchev–Trinajstić information content (AvgIpc) is 2.37. The van der Waals surface area contributed by atoms with E-state index in [1.165, 1.54) is 0 Å². The number of nitrogen functional groups attached to an aromatic ring is 1. The highest BCUT2D eigenvalue weighted by atomic mass is 16.5. The van der Waals surface area contributed by atoms with Gasteiger partial charge in [0, 0.05) is 19.3 Å². The molecule has 4 N–H and O–H groups in total. The molecule has 18 heavy (non-hydrogen) atoms. The van der Waals surface area contributed by atoms with E-state index in [0.717, 1.165) is 0 Å². The Kier molecular flexibility index (Phi) is 5.66. The molecule has 1 aromatic carbocycles. The molecule has 0 aliphatic heterocycles. The lowest BCUT2D eigenvalue weighted by molar-refractivity contribution is -0.120. The number of nitrogens with one attached hydrogen (secondary N) is 2. The highest BCUT2D eigenvalue weighted by Crippen LogP contribution is 2.09. The molecule has 98 valence electrons. The number of carbonyl (C=O) groups is 2. The monoisotopic (exact) mass is 251 g/mol. The summed E-state index contributed by atoms with van der Waals surface area (Å²) in [4.78, 5) is 23.0.